The van der Waals surface area contributed by atoms with E-state index in [1.54, 1.807) is 30.0 Å². The summed E-state index contributed by atoms with van der Waals surface area (Å²) < 4.78 is 18.7. The average molecular weight is 374 g/mol. The fourth-order valence-corrected chi connectivity index (χ4v) is 2.88. The lowest BCUT2D eigenvalue weighted by Gasteiger charge is -2.31. The molecule has 1 aliphatic heterocycles. The zero-order valence-corrected chi connectivity index (χ0v) is 15.2. The fourth-order valence-electron chi connectivity index (χ4n) is 2.88. The maximum Gasteiger partial charge on any atom is 0.409 e. The van der Waals surface area contributed by atoms with E-state index in [0.29, 0.717) is 43.6 Å². The van der Waals surface area contributed by atoms with Gasteiger partial charge in [0, 0.05) is 31.2 Å². The Kier molecular flexibility index (Phi) is 6.35. The molecule has 1 aliphatic rings. The Hall–Kier alpha value is -2.97. The van der Waals surface area contributed by atoms with Gasteiger partial charge in [0.2, 0.25) is 5.95 Å². The number of aromatic nitrogens is 3. The van der Waals surface area contributed by atoms with Crippen molar-refractivity contribution >= 4 is 17.9 Å². The minimum atomic E-state index is -0.270. The highest BCUT2D eigenvalue weighted by Gasteiger charge is 2.24. The molecule has 2 aromatic rings. The molecule has 0 aliphatic carbocycles. The van der Waals surface area contributed by atoms with Crippen LogP contribution in [0.1, 0.15) is 25.3 Å². The van der Waals surface area contributed by atoms with Gasteiger partial charge in [0.15, 0.2) is 5.82 Å². The molecule has 1 fully saturated rings. The van der Waals surface area contributed by atoms with Gasteiger partial charge in [0.1, 0.15) is 5.82 Å². The van der Waals surface area contributed by atoms with Crippen LogP contribution in [0, 0.1) is 5.82 Å². The monoisotopic (exact) mass is 374 g/mol. The summed E-state index contributed by atoms with van der Waals surface area (Å²) in [5.41, 5.74) is 0.553. The number of piperidine rings is 1. The van der Waals surface area contributed by atoms with Crippen molar-refractivity contribution in [1.29, 1.82) is 0 Å². The van der Waals surface area contributed by atoms with Crippen molar-refractivity contribution < 1.29 is 13.9 Å². The van der Waals surface area contributed by atoms with Gasteiger partial charge in [-0.15, -0.1) is 5.10 Å². The van der Waals surface area contributed by atoms with Crippen molar-refractivity contribution in [2.75, 3.05) is 30.3 Å². The van der Waals surface area contributed by atoms with Crippen LogP contribution in [0.3, 0.4) is 0 Å². The number of rotatable bonds is 6. The number of carbonyl (C=O) groups is 1. The Bertz CT molecular complexity index is 767. The molecule has 144 valence electrons. The number of carbonyl (C=O) groups excluding carboxylic acids is 1. The molecule has 0 radical (unpaired) electrons. The van der Waals surface area contributed by atoms with Gasteiger partial charge in [-0.25, -0.2) is 9.18 Å². The summed E-state index contributed by atoms with van der Waals surface area (Å²) in [6.07, 6.45) is 2.77. The van der Waals surface area contributed by atoms with Gasteiger partial charge < -0.3 is 20.3 Å². The van der Waals surface area contributed by atoms with Gasteiger partial charge in [-0.05, 0) is 25.8 Å². The number of nitrogens with one attached hydrogen (secondary N) is 2. The van der Waals surface area contributed by atoms with Gasteiger partial charge in [0.05, 0.1) is 12.8 Å². The summed E-state index contributed by atoms with van der Waals surface area (Å²) in [7, 11) is 0. The van der Waals surface area contributed by atoms with Crippen LogP contribution in [0.2, 0.25) is 0 Å². The van der Waals surface area contributed by atoms with Crippen LogP contribution in [0.15, 0.2) is 30.5 Å². The first-order valence-electron chi connectivity index (χ1n) is 9.01. The second-order valence-electron chi connectivity index (χ2n) is 6.21. The lowest BCUT2D eigenvalue weighted by atomic mass is 10.1. The van der Waals surface area contributed by atoms with E-state index < -0.39 is 0 Å². The molecule has 1 amide bonds. The quantitative estimate of drug-likeness (QED) is 0.803. The molecule has 0 bridgehead atoms. The first-order valence-corrected chi connectivity index (χ1v) is 9.01. The van der Waals surface area contributed by atoms with Crippen LogP contribution >= 0.6 is 0 Å². The number of benzene rings is 1. The largest absolute Gasteiger partial charge is 0.450 e. The van der Waals surface area contributed by atoms with E-state index in [2.05, 4.69) is 25.8 Å². The third kappa shape index (κ3) is 5.25. The van der Waals surface area contributed by atoms with Crippen molar-refractivity contribution in [3.63, 3.8) is 0 Å². The summed E-state index contributed by atoms with van der Waals surface area (Å²) in [5, 5.41) is 14.2. The van der Waals surface area contributed by atoms with Gasteiger partial charge in [-0.2, -0.15) is 10.1 Å². The number of hydrogen-bond donors (Lipinski definition) is 2. The van der Waals surface area contributed by atoms with E-state index in [0.717, 1.165) is 12.8 Å². The van der Waals surface area contributed by atoms with Gasteiger partial charge in [-0.1, -0.05) is 18.2 Å². The van der Waals surface area contributed by atoms with E-state index in [1.165, 1.54) is 12.3 Å². The summed E-state index contributed by atoms with van der Waals surface area (Å²) in [5.74, 6) is 0.654. The molecule has 3 rings (SSSR count). The molecule has 2 heterocycles. The minimum Gasteiger partial charge on any atom is -0.450 e. The zero-order valence-electron chi connectivity index (χ0n) is 15.2. The number of hydrogen-bond acceptors (Lipinski definition) is 7. The smallest absolute Gasteiger partial charge is 0.409 e. The van der Waals surface area contributed by atoms with Crippen LogP contribution in [0.5, 0.6) is 0 Å². The fraction of sp³-hybridized carbons (Fsp3) is 0.444. The number of amides is 1. The molecular formula is C18H23FN6O2. The number of halogens is 1. The van der Waals surface area contributed by atoms with E-state index in [4.69, 9.17) is 4.74 Å². The third-order valence-electron chi connectivity index (χ3n) is 4.33. The molecule has 0 unspecified atom stereocenters. The van der Waals surface area contributed by atoms with Crippen molar-refractivity contribution in [3.8, 4) is 0 Å². The third-order valence-corrected chi connectivity index (χ3v) is 4.33. The Morgan fingerprint density at radius 1 is 1.33 bits per heavy atom. The first kappa shape index (κ1) is 18.8. The molecule has 0 saturated carbocycles. The molecule has 1 saturated heterocycles. The summed E-state index contributed by atoms with van der Waals surface area (Å²) >= 11 is 0. The zero-order chi connectivity index (χ0) is 19.1. The van der Waals surface area contributed by atoms with Crippen LogP contribution in [0.4, 0.5) is 21.0 Å². The SMILES string of the molecule is CCOC(=O)N1CCC(Nc2nncc(NCc3ccccc3F)n2)CC1. The second kappa shape index (κ2) is 9.11. The summed E-state index contributed by atoms with van der Waals surface area (Å²) in [4.78, 5) is 17.8. The number of nitrogens with zero attached hydrogens (tertiary/aromatic N) is 4. The van der Waals surface area contributed by atoms with Crippen molar-refractivity contribution in [1.82, 2.24) is 20.1 Å². The molecule has 2 N–H and O–H groups in total. The number of anilines is 2. The highest BCUT2D eigenvalue weighted by molar-refractivity contribution is 5.67. The van der Waals surface area contributed by atoms with Crippen LogP contribution in [-0.2, 0) is 11.3 Å². The Morgan fingerprint density at radius 3 is 2.85 bits per heavy atom. The van der Waals surface area contributed by atoms with E-state index in [1.807, 2.05) is 0 Å². The topological polar surface area (TPSA) is 92.3 Å². The second-order valence-corrected chi connectivity index (χ2v) is 6.21. The highest BCUT2D eigenvalue weighted by Crippen LogP contribution is 2.16. The molecular weight excluding hydrogens is 351 g/mol. The Morgan fingerprint density at radius 2 is 2.11 bits per heavy atom. The molecule has 9 heteroatoms. The van der Waals surface area contributed by atoms with E-state index >= 15 is 0 Å². The van der Waals surface area contributed by atoms with E-state index in [-0.39, 0.29) is 18.0 Å². The maximum absolute atomic E-state index is 13.7. The van der Waals surface area contributed by atoms with Gasteiger partial charge in [0.25, 0.3) is 0 Å². The summed E-state index contributed by atoms with van der Waals surface area (Å²) in [6, 6.07) is 6.73. The standard InChI is InChI=1S/C18H23FN6O2/c1-2-27-18(26)25-9-7-14(8-10-25)22-17-23-16(12-21-24-17)20-11-13-5-3-4-6-15(13)19/h3-6,12,14H,2,7-11H2,1H3,(H2,20,22,23,24). The van der Waals surface area contributed by atoms with Crippen molar-refractivity contribution in [2.24, 2.45) is 0 Å². The molecule has 1 aromatic heterocycles. The van der Waals surface area contributed by atoms with Crippen LogP contribution in [0.25, 0.3) is 0 Å². The van der Waals surface area contributed by atoms with Crippen molar-refractivity contribution in [2.45, 2.75) is 32.4 Å². The molecule has 0 atom stereocenters. The lowest BCUT2D eigenvalue weighted by Crippen LogP contribution is -2.42. The minimum absolute atomic E-state index is 0.152. The number of ether oxygens (including phenoxy) is 1. The molecule has 8 nitrogen and oxygen atoms in total. The predicted octanol–water partition coefficient (Wildman–Crippen LogP) is 2.66. The predicted molar refractivity (Wildman–Crippen MR) is 98.8 cm³/mol. The highest BCUT2D eigenvalue weighted by atomic mass is 19.1. The number of likely N-dealkylation sites (tertiary alicyclic amines) is 1. The normalized spacial score (nSPS) is 14.7. The van der Waals surface area contributed by atoms with Gasteiger partial charge >= 0.3 is 6.09 Å². The maximum atomic E-state index is 13.7. The molecule has 0 spiro atoms. The first-order chi connectivity index (χ1) is 13.2. The Balaban J connectivity index is 1.51. The lowest BCUT2D eigenvalue weighted by molar-refractivity contribution is 0.0983. The molecule has 27 heavy (non-hydrogen) atoms. The van der Waals surface area contributed by atoms with E-state index in [9.17, 15) is 9.18 Å². The summed E-state index contributed by atoms with van der Waals surface area (Å²) in [6.45, 7) is 3.72. The molecule has 1 aromatic carbocycles. The van der Waals surface area contributed by atoms with Crippen molar-refractivity contribution in [3.05, 3.63) is 41.8 Å². The average Bonchev–Trinajstić information content (AvgIpc) is 2.68. The van der Waals surface area contributed by atoms with Crippen LogP contribution in [-0.4, -0.2) is 51.9 Å². The van der Waals surface area contributed by atoms with Gasteiger partial charge in [-0.3, -0.25) is 0 Å². The Labute approximate surface area is 157 Å². The van der Waals surface area contributed by atoms with Crippen LogP contribution < -0.4 is 10.6 Å².